The smallest absolute Gasteiger partial charge is 0.261 e. The fraction of sp³-hybridized carbons (Fsp3) is 0.474. The number of sulfonamides is 1. The highest BCUT2D eigenvalue weighted by atomic mass is 32.2. The van der Waals surface area contributed by atoms with E-state index >= 15 is 0 Å². The van der Waals surface area contributed by atoms with E-state index in [4.69, 9.17) is 4.52 Å². The van der Waals surface area contributed by atoms with Crippen molar-refractivity contribution >= 4 is 27.3 Å². The van der Waals surface area contributed by atoms with Crippen LogP contribution in [0.2, 0.25) is 0 Å². The van der Waals surface area contributed by atoms with Crippen LogP contribution in [0.4, 0.5) is 11.4 Å². The number of hydrogen-bond acceptors (Lipinski definition) is 5. The summed E-state index contributed by atoms with van der Waals surface area (Å²) in [7, 11) is -3.32. The van der Waals surface area contributed by atoms with Crippen molar-refractivity contribution in [2.45, 2.75) is 46.5 Å². The monoisotopic (exact) mass is 391 g/mol. The molecule has 1 aliphatic rings. The molecule has 8 heteroatoms. The molecule has 1 aromatic carbocycles. The number of carbonyl (C=O) groups excluding carboxylic acids is 1. The predicted octanol–water partition coefficient (Wildman–Crippen LogP) is 3.60. The Morgan fingerprint density at radius 3 is 2.67 bits per heavy atom. The molecule has 0 atom stereocenters. The lowest BCUT2D eigenvalue weighted by atomic mass is 10.0. The number of nitrogens with zero attached hydrogens (tertiary/aromatic N) is 2. The van der Waals surface area contributed by atoms with Gasteiger partial charge in [-0.2, -0.15) is 0 Å². The highest BCUT2D eigenvalue weighted by molar-refractivity contribution is 7.92. The maximum Gasteiger partial charge on any atom is 0.261 e. The van der Waals surface area contributed by atoms with Crippen LogP contribution in [0.25, 0.3) is 0 Å². The highest BCUT2D eigenvalue weighted by Crippen LogP contribution is 2.30. The number of carbonyl (C=O) groups is 1. The first-order chi connectivity index (χ1) is 12.7. The summed E-state index contributed by atoms with van der Waals surface area (Å²) in [5.74, 6) is 0.407. The Morgan fingerprint density at radius 2 is 2.00 bits per heavy atom. The first-order valence-electron chi connectivity index (χ1n) is 9.09. The van der Waals surface area contributed by atoms with E-state index in [2.05, 4.69) is 10.5 Å². The lowest BCUT2D eigenvalue weighted by Gasteiger charge is -2.29. The quantitative estimate of drug-likeness (QED) is 0.860. The van der Waals surface area contributed by atoms with Crippen molar-refractivity contribution in [1.29, 1.82) is 0 Å². The molecule has 1 aromatic heterocycles. The Kier molecular flexibility index (Phi) is 5.28. The molecule has 7 nitrogen and oxygen atoms in total. The van der Waals surface area contributed by atoms with Gasteiger partial charge in [-0.05, 0) is 44.4 Å². The van der Waals surface area contributed by atoms with E-state index in [1.165, 1.54) is 4.31 Å². The van der Waals surface area contributed by atoms with Gasteiger partial charge < -0.3 is 9.84 Å². The lowest BCUT2D eigenvalue weighted by molar-refractivity contribution is 0.102. The van der Waals surface area contributed by atoms with Crippen LogP contribution in [0.1, 0.15) is 60.0 Å². The summed E-state index contributed by atoms with van der Waals surface area (Å²) in [4.78, 5) is 12.8. The van der Waals surface area contributed by atoms with E-state index in [0.717, 1.165) is 12.0 Å². The highest BCUT2D eigenvalue weighted by Gasteiger charge is 2.28. The van der Waals surface area contributed by atoms with Crippen molar-refractivity contribution in [3.8, 4) is 0 Å². The molecule has 0 spiro atoms. The number of aromatic nitrogens is 1. The summed E-state index contributed by atoms with van der Waals surface area (Å²) >= 11 is 0. The minimum absolute atomic E-state index is 0.0269. The van der Waals surface area contributed by atoms with E-state index in [-0.39, 0.29) is 17.6 Å². The van der Waals surface area contributed by atoms with E-state index in [9.17, 15) is 13.2 Å². The SMILES string of the molecule is Cc1ccc(NC(=O)c2c(C)noc2C(C)C)cc1N1CCCCS1(=O)=O. The van der Waals surface area contributed by atoms with Crippen LogP contribution in [0.15, 0.2) is 22.7 Å². The van der Waals surface area contributed by atoms with E-state index < -0.39 is 10.0 Å². The molecule has 1 fully saturated rings. The van der Waals surface area contributed by atoms with E-state index in [1.54, 1.807) is 19.1 Å². The molecule has 146 valence electrons. The minimum atomic E-state index is -3.32. The average molecular weight is 391 g/mol. The van der Waals surface area contributed by atoms with Gasteiger partial charge in [-0.1, -0.05) is 25.1 Å². The second-order valence-corrected chi connectivity index (χ2v) is 9.23. The van der Waals surface area contributed by atoms with Crippen LogP contribution in [-0.2, 0) is 10.0 Å². The molecule has 27 heavy (non-hydrogen) atoms. The topological polar surface area (TPSA) is 92.5 Å². The first-order valence-corrected chi connectivity index (χ1v) is 10.7. The average Bonchev–Trinajstić information content (AvgIpc) is 2.98. The molecule has 2 aromatic rings. The van der Waals surface area contributed by atoms with Crippen molar-refractivity contribution in [2.24, 2.45) is 0 Å². The van der Waals surface area contributed by atoms with E-state index in [0.29, 0.717) is 41.4 Å². The molecule has 0 radical (unpaired) electrons. The number of amides is 1. The number of hydrogen-bond donors (Lipinski definition) is 1. The van der Waals surface area contributed by atoms with Gasteiger partial charge in [-0.15, -0.1) is 0 Å². The fourth-order valence-electron chi connectivity index (χ4n) is 3.27. The van der Waals surface area contributed by atoms with Crippen molar-refractivity contribution in [3.63, 3.8) is 0 Å². The Hall–Kier alpha value is -2.35. The van der Waals surface area contributed by atoms with Crippen LogP contribution in [0, 0.1) is 13.8 Å². The molecule has 2 heterocycles. The molecule has 1 saturated heterocycles. The lowest BCUT2D eigenvalue weighted by Crippen LogP contribution is -2.38. The van der Waals surface area contributed by atoms with Crippen LogP contribution in [0.5, 0.6) is 0 Å². The standard InChI is InChI=1S/C19H25N3O4S/c1-12(2)18-17(14(4)21-26-18)19(23)20-15-8-7-13(3)16(11-15)22-9-5-6-10-27(22,24)25/h7-8,11-12H,5-6,9-10H2,1-4H3,(H,20,23). The number of aryl methyl sites for hydroxylation is 2. The number of benzene rings is 1. The third-order valence-electron chi connectivity index (χ3n) is 4.73. The fourth-order valence-corrected chi connectivity index (χ4v) is 4.96. The van der Waals surface area contributed by atoms with Gasteiger partial charge in [0.15, 0.2) is 5.76 Å². The van der Waals surface area contributed by atoms with Gasteiger partial charge >= 0.3 is 0 Å². The van der Waals surface area contributed by atoms with Gasteiger partial charge in [0.05, 0.1) is 17.1 Å². The summed E-state index contributed by atoms with van der Waals surface area (Å²) in [6.07, 6.45) is 1.51. The zero-order valence-electron chi connectivity index (χ0n) is 16.1. The molecular weight excluding hydrogens is 366 g/mol. The van der Waals surface area contributed by atoms with Gasteiger partial charge in [-0.3, -0.25) is 9.10 Å². The Balaban J connectivity index is 1.91. The van der Waals surface area contributed by atoms with Crippen molar-refractivity contribution in [1.82, 2.24) is 5.16 Å². The second kappa shape index (κ2) is 7.34. The van der Waals surface area contributed by atoms with E-state index in [1.807, 2.05) is 26.8 Å². The summed E-state index contributed by atoms with van der Waals surface area (Å²) in [6, 6.07) is 5.30. The zero-order valence-corrected chi connectivity index (χ0v) is 16.9. The Bertz CT molecular complexity index is 963. The maximum absolute atomic E-state index is 12.8. The molecule has 1 amide bonds. The van der Waals surface area contributed by atoms with Crippen LogP contribution in [-0.4, -0.2) is 31.8 Å². The van der Waals surface area contributed by atoms with Gasteiger partial charge in [0.1, 0.15) is 5.56 Å². The normalized spacial score (nSPS) is 16.6. The van der Waals surface area contributed by atoms with Gasteiger partial charge in [0.2, 0.25) is 10.0 Å². The molecular formula is C19H25N3O4S. The second-order valence-electron chi connectivity index (χ2n) is 7.21. The summed E-state index contributed by atoms with van der Waals surface area (Å²) < 4.78 is 31.6. The third kappa shape index (κ3) is 3.85. The Morgan fingerprint density at radius 1 is 1.26 bits per heavy atom. The predicted molar refractivity (Wildman–Crippen MR) is 105 cm³/mol. The molecule has 0 aliphatic carbocycles. The summed E-state index contributed by atoms with van der Waals surface area (Å²) in [5, 5.41) is 6.76. The van der Waals surface area contributed by atoms with Crippen LogP contribution in [0.3, 0.4) is 0 Å². The van der Waals surface area contributed by atoms with Crippen LogP contribution < -0.4 is 9.62 Å². The largest absolute Gasteiger partial charge is 0.360 e. The molecule has 3 rings (SSSR count). The van der Waals surface area contributed by atoms with Gasteiger partial charge in [-0.25, -0.2) is 8.42 Å². The summed E-state index contributed by atoms with van der Waals surface area (Å²) in [6.45, 7) is 7.92. The molecule has 0 bridgehead atoms. The molecule has 1 aliphatic heterocycles. The number of anilines is 2. The zero-order chi connectivity index (χ0) is 19.8. The number of nitrogens with one attached hydrogen (secondary N) is 1. The van der Waals surface area contributed by atoms with Crippen molar-refractivity contribution < 1.29 is 17.7 Å². The van der Waals surface area contributed by atoms with Gasteiger partial charge in [0, 0.05) is 18.2 Å². The molecule has 1 N–H and O–H groups in total. The van der Waals surface area contributed by atoms with Crippen molar-refractivity contribution in [3.05, 3.63) is 40.8 Å². The number of rotatable bonds is 4. The Labute approximate surface area is 159 Å². The third-order valence-corrected chi connectivity index (χ3v) is 6.58. The molecule has 0 saturated carbocycles. The molecule has 0 unspecified atom stereocenters. The minimum Gasteiger partial charge on any atom is -0.360 e. The maximum atomic E-state index is 12.8. The summed E-state index contributed by atoms with van der Waals surface area (Å²) in [5.41, 5.74) is 2.96. The van der Waals surface area contributed by atoms with Crippen molar-refractivity contribution in [2.75, 3.05) is 21.9 Å². The van der Waals surface area contributed by atoms with Gasteiger partial charge in [0.25, 0.3) is 5.91 Å². The first kappa shape index (κ1) is 19.4. The van der Waals surface area contributed by atoms with Crippen LogP contribution >= 0.6 is 0 Å².